The van der Waals surface area contributed by atoms with Crippen LogP contribution in [0, 0.1) is 0 Å². The van der Waals surface area contributed by atoms with Crippen molar-refractivity contribution in [2.24, 2.45) is 5.73 Å². The zero-order valence-corrected chi connectivity index (χ0v) is 8.18. The molecule has 1 atom stereocenters. The highest BCUT2D eigenvalue weighted by Crippen LogP contribution is 2.07. The Morgan fingerprint density at radius 2 is 1.91 bits per heavy atom. The first-order valence-electron chi connectivity index (χ1n) is 4.35. The third-order valence-corrected chi connectivity index (χ3v) is 1.39. The van der Waals surface area contributed by atoms with E-state index in [1.54, 1.807) is 0 Å². The molecule has 11 heavy (non-hydrogen) atoms. The zero-order valence-electron chi connectivity index (χ0n) is 8.18. The first-order chi connectivity index (χ1) is 4.95. The van der Waals surface area contributed by atoms with Crippen LogP contribution in [0.25, 0.3) is 0 Å². The van der Waals surface area contributed by atoms with Gasteiger partial charge in [0, 0.05) is 6.04 Å². The minimum Gasteiger partial charge on any atom is -0.374 e. The van der Waals surface area contributed by atoms with Gasteiger partial charge in [-0.1, -0.05) is 13.3 Å². The average molecular weight is 159 g/mol. The van der Waals surface area contributed by atoms with E-state index in [2.05, 4.69) is 6.92 Å². The molecule has 0 aromatic carbocycles. The number of nitrogens with two attached hydrogens (primary N) is 1. The first-order valence-corrected chi connectivity index (χ1v) is 4.35. The maximum Gasteiger partial charge on any atom is 0.0624 e. The smallest absolute Gasteiger partial charge is 0.0624 e. The molecule has 0 amide bonds. The van der Waals surface area contributed by atoms with Crippen LogP contribution in [0.2, 0.25) is 0 Å². The Bertz CT molecular complexity index is 96.2. The maximum absolute atomic E-state index is 5.77. The van der Waals surface area contributed by atoms with Gasteiger partial charge in [-0.3, -0.25) is 0 Å². The summed E-state index contributed by atoms with van der Waals surface area (Å²) < 4.78 is 5.52. The van der Waals surface area contributed by atoms with E-state index in [0.29, 0.717) is 6.61 Å². The van der Waals surface area contributed by atoms with Crippen LogP contribution in [-0.2, 0) is 4.74 Å². The molecule has 0 radical (unpaired) electrons. The molecule has 0 heterocycles. The SMILES string of the molecule is CCCC(N)COC(C)(C)C. The summed E-state index contributed by atoms with van der Waals surface area (Å²) in [5.74, 6) is 0. The minimum absolute atomic E-state index is 0.0502. The molecule has 0 fully saturated rings. The van der Waals surface area contributed by atoms with E-state index in [9.17, 15) is 0 Å². The van der Waals surface area contributed by atoms with Crippen LogP contribution in [0.3, 0.4) is 0 Å². The van der Waals surface area contributed by atoms with Crippen molar-refractivity contribution in [3.05, 3.63) is 0 Å². The Balaban J connectivity index is 3.38. The highest BCUT2D eigenvalue weighted by Gasteiger charge is 2.11. The molecule has 2 nitrogen and oxygen atoms in total. The lowest BCUT2D eigenvalue weighted by molar-refractivity contribution is -0.0108. The van der Waals surface area contributed by atoms with Crippen molar-refractivity contribution in [2.75, 3.05) is 6.61 Å². The first kappa shape index (κ1) is 10.9. The van der Waals surface area contributed by atoms with Crippen LogP contribution < -0.4 is 5.73 Å². The Morgan fingerprint density at radius 3 is 2.27 bits per heavy atom. The zero-order chi connectivity index (χ0) is 8.91. The van der Waals surface area contributed by atoms with Crippen LogP contribution in [0.4, 0.5) is 0 Å². The minimum atomic E-state index is -0.0502. The van der Waals surface area contributed by atoms with Gasteiger partial charge in [0.25, 0.3) is 0 Å². The molecule has 0 saturated heterocycles. The molecule has 0 spiro atoms. The fourth-order valence-corrected chi connectivity index (χ4v) is 0.811. The summed E-state index contributed by atoms with van der Waals surface area (Å²) in [5, 5.41) is 0. The highest BCUT2D eigenvalue weighted by molar-refractivity contribution is 4.64. The summed E-state index contributed by atoms with van der Waals surface area (Å²) in [5.41, 5.74) is 5.72. The Kier molecular flexibility index (Phi) is 4.69. The van der Waals surface area contributed by atoms with Crippen LogP contribution in [0.5, 0.6) is 0 Å². The van der Waals surface area contributed by atoms with Crippen LogP contribution >= 0.6 is 0 Å². The fraction of sp³-hybridized carbons (Fsp3) is 1.00. The van der Waals surface area contributed by atoms with Gasteiger partial charge in [-0.15, -0.1) is 0 Å². The number of hydrogen-bond donors (Lipinski definition) is 1. The predicted octanol–water partition coefficient (Wildman–Crippen LogP) is 1.93. The van der Waals surface area contributed by atoms with E-state index in [-0.39, 0.29) is 11.6 Å². The Hall–Kier alpha value is -0.0800. The highest BCUT2D eigenvalue weighted by atomic mass is 16.5. The molecule has 0 bridgehead atoms. The van der Waals surface area contributed by atoms with Gasteiger partial charge in [-0.2, -0.15) is 0 Å². The lowest BCUT2D eigenvalue weighted by Gasteiger charge is -2.22. The maximum atomic E-state index is 5.77. The number of ether oxygens (including phenoxy) is 1. The third kappa shape index (κ3) is 7.82. The molecular weight excluding hydrogens is 138 g/mol. The summed E-state index contributed by atoms with van der Waals surface area (Å²) in [6.07, 6.45) is 2.19. The van der Waals surface area contributed by atoms with E-state index < -0.39 is 0 Å². The van der Waals surface area contributed by atoms with Crippen LogP contribution in [-0.4, -0.2) is 18.2 Å². The van der Waals surface area contributed by atoms with Crippen LogP contribution in [0.15, 0.2) is 0 Å². The molecule has 2 N–H and O–H groups in total. The molecule has 0 aromatic rings. The van der Waals surface area contributed by atoms with E-state index in [1.807, 2.05) is 20.8 Å². The average Bonchev–Trinajstić information content (AvgIpc) is 1.83. The van der Waals surface area contributed by atoms with Crippen molar-refractivity contribution in [1.82, 2.24) is 0 Å². The summed E-state index contributed by atoms with van der Waals surface area (Å²) >= 11 is 0. The van der Waals surface area contributed by atoms with Gasteiger partial charge in [-0.25, -0.2) is 0 Å². The van der Waals surface area contributed by atoms with E-state index in [0.717, 1.165) is 12.8 Å². The van der Waals surface area contributed by atoms with Gasteiger partial charge >= 0.3 is 0 Å². The van der Waals surface area contributed by atoms with Crippen molar-refractivity contribution < 1.29 is 4.74 Å². The van der Waals surface area contributed by atoms with E-state index >= 15 is 0 Å². The molecule has 0 aliphatic heterocycles. The molecule has 0 aromatic heterocycles. The van der Waals surface area contributed by atoms with Gasteiger partial charge in [-0.05, 0) is 27.2 Å². The number of rotatable bonds is 4. The van der Waals surface area contributed by atoms with Crippen molar-refractivity contribution in [3.63, 3.8) is 0 Å². The summed E-state index contributed by atoms with van der Waals surface area (Å²) in [6, 6.07) is 0.208. The second kappa shape index (κ2) is 4.73. The molecule has 1 unspecified atom stereocenters. The summed E-state index contributed by atoms with van der Waals surface area (Å²) in [6.45, 7) is 8.96. The van der Waals surface area contributed by atoms with Crippen molar-refractivity contribution in [1.29, 1.82) is 0 Å². The van der Waals surface area contributed by atoms with Crippen molar-refractivity contribution in [2.45, 2.75) is 52.2 Å². The quantitative estimate of drug-likeness (QED) is 0.680. The molecular formula is C9H21NO. The summed E-state index contributed by atoms with van der Waals surface area (Å²) in [7, 11) is 0. The molecule has 0 aliphatic rings. The standard InChI is InChI=1S/C9H21NO/c1-5-6-8(10)7-11-9(2,3)4/h8H,5-7,10H2,1-4H3. The third-order valence-electron chi connectivity index (χ3n) is 1.39. The van der Waals surface area contributed by atoms with Gasteiger partial charge in [0.05, 0.1) is 12.2 Å². The fourth-order valence-electron chi connectivity index (χ4n) is 0.811. The molecule has 0 aliphatic carbocycles. The van der Waals surface area contributed by atoms with Crippen molar-refractivity contribution >= 4 is 0 Å². The Morgan fingerprint density at radius 1 is 1.36 bits per heavy atom. The normalized spacial score (nSPS) is 15.0. The molecule has 0 rings (SSSR count). The largest absolute Gasteiger partial charge is 0.374 e. The second-order valence-corrected chi connectivity index (χ2v) is 3.97. The van der Waals surface area contributed by atoms with Gasteiger partial charge in [0.1, 0.15) is 0 Å². The van der Waals surface area contributed by atoms with Crippen molar-refractivity contribution in [3.8, 4) is 0 Å². The lowest BCUT2D eigenvalue weighted by Crippen LogP contribution is -2.31. The van der Waals surface area contributed by atoms with Gasteiger partial charge < -0.3 is 10.5 Å². The Labute approximate surface area is 70.1 Å². The second-order valence-electron chi connectivity index (χ2n) is 3.97. The number of hydrogen-bond acceptors (Lipinski definition) is 2. The monoisotopic (exact) mass is 159 g/mol. The van der Waals surface area contributed by atoms with Crippen LogP contribution in [0.1, 0.15) is 40.5 Å². The summed E-state index contributed by atoms with van der Waals surface area (Å²) in [4.78, 5) is 0. The molecule has 68 valence electrons. The van der Waals surface area contributed by atoms with Gasteiger partial charge in [0.15, 0.2) is 0 Å². The lowest BCUT2D eigenvalue weighted by atomic mass is 10.1. The molecule has 2 heteroatoms. The topological polar surface area (TPSA) is 35.2 Å². The molecule has 0 saturated carbocycles. The predicted molar refractivity (Wildman–Crippen MR) is 48.6 cm³/mol. The van der Waals surface area contributed by atoms with E-state index in [4.69, 9.17) is 10.5 Å². The van der Waals surface area contributed by atoms with Gasteiger partial charge in [0.2, 0.25) is 0 Å². The van der Waals surface area contributed by atoms with E-state index in [1.165, 1.54) is 0 Å².